The Morgan fingerprint density at radius 2 is 1.93 bits per heavy atom. The zero-order chi connectivity index (χ0) is 29.3. The summed E-state index contributed by atoms with van der Waals surface area (Å²) in [7, 11) is 0. The first kappa shape index (κ1) is 28.5. The molecule has 7 nitrogen and oxygen atoms in total. The molecule has 212 valence electrons. The molecule has 5 rings (SSSR count). The number of nitrogens with zero attached hydrogens (tertiary/aromatic N) is 4. The van der Waals surface area contributed by atoms with Gasteiger partial charge in [0.1, 0.15) is 18.2 Å². The van der Waals surface area contributed by atoms with E-state index in [1.807, 2.05) is 44.2 Å². The Bertz CT molecular complexity index is 1600. The van der Waals surface area contributed by atoms with Gasteiger partial charge in [-0.3, -0.25) is 19.5 Å². The lowest BCUT2D eigenvalue weighted by atomic mass is 9.87. The van der Waals surface area contributed by atoms with Gasteiger partial charge in [-0.25, -0.2) is 9.07 Å². The molecule has 4 aromatic rings. The molecule has 0 unspecified atom stereocenters. The van der Waals surface area contributed by atoms with E-state index >= 15 is 0 Å². The summed E-state index contributed by atoms with van der Waals surface area (Å²) < 4.78 is 16.3. The highest BCUT2D eigenvalue weighted by atomic mass is 32.2. The van der Waals surface area contributed by atoms with E-state index in [0.29, 0.717) is 12.4 Å². The number of anilines is 1. The Morgan fingerprint density at radius 3 is 2.61 bits per heavy atom. The van der Waals surface area contributed by atoms with Crippen LogP contribution in [-0.2, 0) is 21.5 Å². The Balaban J connectivity index is 1.68. The molecule has 2 aromatic heterocycles. The third-order valence-electron chi connectivity index (χ3n) is 7.05. The molecule has 0 fully saturated rings. The summed E-state index contributed by atoms with van der Waals surface area (Å²) in [4.78, 5) is 32.8. The minimum Gasteiger partial charge on any atom is -0.350 e. The molecule has 1 aliphatic heterocycles. The van der Waals surface area contributed by atoms with Crippen molar-refractivity contribution in [3.05, 3.63) is 106 Å². The molecule has 3 heterocycles. The number of carbonyl (C=O) groups is 2. The average molecular weight is 572 g/mol. The van der Waals surface area contributed by atoms with E-state index in [4.69, 9.17) is 5.10 Å². The predicted octanol–water partition coefficient (Wildman–Crippen LogP) is 5.81. The molecule has 0 radical (unpaired) electrons. The lowest BCUT2D eigenvalue weighted by Crippen LogP contribution is -2.42. The van der Waals surface area contributed by atoms with Gasteiger partial charge in [-0.15, -0.1) is 11.8 Å². The molecule has 1 aliphatic rings. The van der Waals surface area contributed by atoms with E-state index in [1.54, 1.807) is 28.0 Å². The minimum absolute atomic E-state index is 0.127. The number of carbonyl (C=O) groups excluding carboxylic acids is 2. The average Bonchev–Trinajstić information content (AvgIpc) is 3.25. The molecule has 0 bridgehead atoms. The van der Waals surface area contributed by atoms with Gasteiger partial charge in [0.05, 0.1) is 22.4 Å². The topological polar surface area (TPSA) is 80.1 Å². The van der Waals surface area contributed by atoms with Crippen LogP contribution in [0.2, 0.25) is 0 Å². The quantitative estimate of drug-likeness (QED) is 0.316. The maximum Gasteiger partial charge on any atom is 0.240 e. The number of aryl methyl sites for hydroxylation is 2. The predicted molar refractivity (Wildman–Crippen MR) is 161 cm³/mol. The summed E-state index contributed by atoms with van der Waals surface area (Å²) in [6.45, 7) is 10.4. The van der Waals surface area contributed by atoms with E-state index < -0.39 is 5.41 Å². The van der Waals surface area contributed by atoms with Gasteiger partial charge in [-0.05, 0) is 54.8 Å². The van der Waals surface area contributed by atoms with Crippen LogP contribution in [-0.4, -0.2) is 38.9 Å². The molecular formula is C32H34FN5O2S. The van der Waals surface area contributed by atoms with Crippen molar-refractivity contribution in [1.82, 2.24) is 20.1 Å². The number of fused-ring (bicyclic) bond motifs is 1. The monoisotopic (exact) mass is 571 g/mol. The van der Waals surface area contributed by atoms with Crippen molar-refractivity contribution >= 4 is 29.4 Å². The van der Waals surface area contributed by atoms with Crippen molar-refractivity contribution in [3.8, 4) is 5.69 Å². The van der Waals surface area contributed by atoms with Crippen LogP contribution >= 0.6 is 11.8 Å². The van der Waals surface area contributed by atoms with E-state index in [2.05, 4.69) is 37.1 Å². The van der Waals surface area contributed by atoms with E-state index in [9.17, 15) is 14.0 Å². The van der Waals surface area contributed by atoms with Crippen molar-refractivity contribution in [2.75, 3.05) is 17.2 Å². The van der Waals surface area contributed by atoms with Crippen molar-refractivity contribution in [2.45, 2.75) is 51.8 Å². The standard InChI is InChI=1S/C32H34FN5O2S/c1-20-11-12-25(21(2)14-20)38-31-28(30(36-38)32(3,4)5)29(23-9-6-10-24(33)15-23)41-19-27(40)37(31)18-26(39)35-17-22-8-7-13-34-16-22/h6-16,29H,17-19H2,1-5H3,(H,35,39)/t29-/m0/s1. The summed E-state index contributed by atoms with van der Waals surface area (Å²) in [5.74, 6) is -0.179. The Morgan fingerprint density at radius 1 is 1.12 bits per heavy atom. The van der Waals surface area contributed by atoms with Gasteiger partial charge >= 0.3 is 0 Å². The minimum atomic E-state index is -0.401. The first-order valence-corrected chi connectivity index (χ1v) is 14.6. The molecule has 0 spiro atoms. The SMILES string of the molecule is Cc1ccc(-n2nc(C(C)(C)C)c3c2N(CC(=O)NCc2cccnc2)C(=O)CS[C@H]3c2cccc(F)c2)c(C)c1. The maximum absolute atomic E-state index is 14.5. The lowest BCUT2D eigenvalue weighted by molar-refractivity contribution is -0.123. The van der Waals surface area contributed by atoms with Crippen molar-refractivity contribution < 1.29 is 14.0 Å². The van der Waals surface area contributed by atoms with Gasteiger partial charge in [-0.2, -0.15) is 5.10 Å². The lowest BCUT2D eigenvalue weighted by Gasteiger charge is -2.25. The molecule has 9 heteroatoms. The molecule has 41 heavy (non-hydrogen) atoms. The van der Waals surface area contributed by atoms with Crippen molar-refractivity contribution in [3.63, 3.8) is 0 Å². The second kappa shape index (κ2) is 11.5. The summed E-state index contributed by atoms with van der Waals surface area (Å²) >= 11 is 1.43. The number of pyridine rings is 1. The van der Waals surface area contributed by atoms with Crippen LogP contribution in [0.4, 0.5) is 10.2 Å². The fourth-order valence-corrected chi connectivity index (χ4v) is 6.31. The first-order valence-electron chi connectivity index (χ1n) is 13.6. The fraction of sp³-hybridized carbons (Fsp3) is 0.312. The largest absolute Gasteiger partial charge is 0.350 e. The zero-order valence-corrected chi connectivity index (χ0v) is 24.8. The van der Waals surface area contributed by atoms with Crippen LogP contribution in [0.15, 0.2) is 67.0 Å². The van der Waals surface area contributed by atoms with Gasteiger partial charge in [0.2, 0.25) is 11.8 Å². The molecule has 0 saturated carbocycles. The molecule has 2 amide bonds. The second-order valence-corrected chi connectivity index (χ2v) is 12.5. The Hall–Kier alpha value is -3.98. The summed E-state index contributed by atoms with van der Waals surface area (Å²) in [6, 6.07) is 16.3. The number of nitrogens with one attached hydrogen (secondary N) is 1. The van der Waals surface area contributed by atoms with E-state index in [1.165, 1.54) is 23.9 Å². The van der Waals surface area contributed by atoms with Gasteiger partial charge in [0, 0.05) is 29.9 Å². The normalized spacial score (nSPS) is 15.4. The number of rotatable bonds is 6. The molecule has 2 aromatic carbocycles. The van der Waals surface area contributed by atoms with Gasteiger partial charge in [0.25, 0.3) is 0 Å². The number of thioether (sulfide) groups is 1. The van der Waals surface area contributed by atoms with Crippen molar-refractivity contribution in [1.29, 1.82) is 0 Å². The molecular weight excluding hydrogens is 537 g/mol. The molecule has 1 N–H and O–H groups in total. The first-order chi connectivity index (χ1) is 19.5. The van der Waals surface area contributed by atoms with Crippen LogP contribution in [0, 0.1) is 19.7 Å². The molecule has 1 atom stereocenters. The number of aromatic nitrogens is 3. The Labute approximate surface area is 244 Å². The third kappa shape index (κ3) is 6.05. The van der Waals surface area contributed by atoms with Gasteiger partial charge in [0.15, 0.2) is 0 Å². The van der Waals surface area contributed by atoms with Gasteiger partial charge in [-0.1, -0.05) is 56.7 Å². The smallest absolute Gasteiger partial charge is 0.240 e. The second-order valence-electron chi connectivity index (χ2n) is 11.4. The zero-order valence-electron chi connectivity index (χ0n) is 23.9. The Kier molecular flexibility index (Phi) is 8.00. The van der Waals surface area contributed by atoms with Crippen LogP contribution in [0.25, 0.3) is 5.69 Å². The fourth-order valence-electron chi connectivity index (χ4n) is 5.12. The van der Waals surface area contributed by atoms with Crippen LogP contribution in [0.1, 0.15) is 59.5 Å². The highest BCUT2D eigenvalue weighted by Crippen LogP contribution is 2.48. The summed E-state index contributed by atoms with van der Waals surface area (Å²) in [5, 5.41) is 7.69. The summed E-state index contributed by atoms with van der Waals surface area (Å²) in [5.41, 5.74) is 5.74. The van der Waals surface area contributed by atoms with Crippen molar-refractivity contribution in [2.24, 2.45) is 0 Å². The van der Waals surface area contributed by atoms with Crippen LogP contribution in [0.3, 0.4) is 0 Å². The number of hydrogen-bond acceptors (Lipinski definition) is 5. The number of halogens is 1. The number of hydrogen-bond donors (Lipinski definition) is 1. The number of benzene rings is 2. The number of amides is 2. The highest BCUT2D eigenvalue weighted by Gasteiger charge is 2.40. The maximum atomic E-state index is 14.5. The van der Waals surface area contributed by atoms with Crippen LogP contribution < -0.4 is 10.2 Å². The molecule has 0 saturated heterocycles. The van der Waals surface area contributed by atoms with Crippen LogP contribution in [0.5, 0.6) is 0 Å². The molecule has 0 aliphatic carbocycles. The third-order valence-corrected chi connectivity index (χ3v) is 8.30. The van der Waals surface area contributed by atoms with E-state index in [-0.39, 0.29) is 35.2 Å². The highest BCUT2D eigenvalue weighted by molar-refractivity contribution is 8.00. The summed E-state index contributed by atoms with van der Waals surface area (Å²) in [6.07, 6.45) is 3.37. The van der Waals surface area contributed by atoms with E-state index in [0.717, 1.165) is 39.2 Å². The van der Waals surface area contributed by atoms with Gasteiger partial charge < -0.3 is 5.32 Å².